The van der Waals surface area contributed by atoms with Crippen LogP contribution in [0.5, 0.6) is 5.75 Å². The van der Waals surface area contributed by atoms with Gasteiger partial charge < -0.3 is 10.1 Å². The van der Waals surface area contributed by atoms with E-state index in [1.807, 2.05) is 0 Å². The van der Waals surface area contributed by atoms with Crippen molar-refractivity contribution >= 4 is 23.2 Å². The van der Waals surface area contributed by atoms with Crippen LogP contribution in [0.25, 0.3) is 0 Å². The second kappa shape index (κ2) is 5.66. The van der Waals surface area contributed by atoms with E-state index in [0.29, 0.717) is 18.0 Å². The highest BCUT2D eigenvalue weighted by atomic mass is 35.5. The van der Waals surface area contributed by atoms with Gasteiger partial charge in [0.05, 0.1) is 12.0 Å². The number of alkyl halides is 1. The van der Waals surface area contributed by atoms with E-state index in [1.165, 1.54) is 25.3 Å². The van der Waals surface area contributed by atoms with Crippen LogP contribution in [0, 0.1) is 15.5 Å². The summed E-state index contributed by atoms with van der Waals surface area (Å²) in [6.45, 7) is 0.522. The van der Waals surface area contributed by atoms with Crippen molar-refractivity contribution in [3.8, 4) is 5.75 Å². The minimum Gasteiger partial charge on any atom is -0.490 e. The van der Waals surface area contributed by atoms with Crippen molar-refractivity contribution in [2.75, 3.05) is 19.5 Å². The van der Waals surface area contributed by atoms with Crippen LogP contribution in [0.2, 0.25) is 0 Å². The first kappa shape index (κ1) is 14.6. The molecule has 1 fully saturated rings. The molecule has 0 atom stereocenters. The SMILES string of the molecule is COc1cc(C(=O)NCC2(CCl)CC2)ccc1[N+](=O)[O-]. The van der Waals surface area contributed by atoms with E-state index >= 15 is 0 Å². The molecule has 0 heterocycles. The standard InChI is InChI=1S/C13H15ClN2O4/c1-20-11-6-9(2-3-10(11)16(18)19)12(17)15-8-13(7-14)4-5-13/h2-3,6H,4-5,7-8H2,1H3,(H,15,17). The molecule has 2 rings (SSSR count). The Bertz CT molecular complexity index is 543. The summed E-state index contributed by atoms with van der Waals surface area (Å²) < 4.78 is 4.93. The van der Waals surface area contributed by atoms with Crippen molar-refractivity contribution in [1.82, 2.24) is 5.32 Å². The van der Waals surface area contributed by atoms with Crippen LogP contribution < -0.4 is 10.1 Å². The number of nitrogens with one attached hydrogen (secondary N) is 1. The van der Waals surface area contributed by atoms with Crippen molar-refractivity contribution < 1.29 is 14.5 Å². The number of ether oxygens (including phenoxy) is 1. The summed E-state index contributed by atoms with van der Waals surface area (Å²) in [6.07, 6.45) is 2.03. The molecule has 6 nitrogen and oxygen atoms in total. The number of benzene rings is 1. The topological polar surface area (TPSA) is 81.5 Å². The first-order valence-corrected chi connectivity index (χ1v) is 6.71. The average Bonchev–Trinajstić information content (AvgIpc) is 3.24. The fourth-order valence-electron chi connectivity index (χ4n) is 1.87. The second-order valence-corrected chi connectivity index (χ2v) is 5.23. The molecule has 1 N–H and O–H groups in total. The number of hydrogen-bond donors (Lipinski definition) is 1. The Morgan fingerprint density at radius 3 is 2.75 bits per heavy atom. The molecule has 0 unspecified atom stereocenters. The molecule has 0 aliphatic heterocycles. The predicted octanol–water partition coefficient (Wildman–Crippen LogP) is 2.35. The second-order valence-electron chi connectivity index (χ2n) is 4.96. The van der Waals surface area contributed by atoms with Crippen molar-refractivity contribution in [3.05, 3.63) is 33.9 Å². The third kappa shape index (κ3) is 3.01. The van der Waals surface area contributed by atoms with Crippen LogP contribution in [0.15, 0.2) is 18.2 Å². The maximum Gasteiger partial charge on any atom is 0.310 e. The highest BCUT2D eigenvalue weighted by Crippen LogP contribution is 2.45. The number of halogens is 1. The fourth-order valence-corrected chi connectivity index (χ4v) is 2.24. The summed E-state index contributed by atoms with van der Waals surface area (Å²) in [7, 11) is 1.33. The van der Waals surface area contributed by atoms with Gasteiger partial charge in [-0.05, 0) is 18.9 Å². The zero-order valence-electron chi connectivity index (χ0n) is 11.0. The van der Waals surface area contributed by atoms with Gasteiger partial charge in [0.2, 0.25) is 0 Å². The van der Waals surface area contributed by atoms with Crippen molar-refractivity contribution in [2.24, 2.45) is 5.41 Å². The number of amides is 1. The highest BCUT2D eigenvalue weighted by molar-refractivity contribution is 6.18. The van der Waals surface area contributed by atoms with Crippen LogP contribution in [0.3, 0.4) is 0 Å². The normalized spacial score (nSPS) is 15.5. The molecule has 7 heteroatoms. The lowest BCUT2D eigenvalue weighted by Gasteiger charge is -2.12. The van der Waals surface area contributed by atoms with E-state index in [9.17, 15) is 14.9 Å². The molecule has 0 radical (unpaired) electrons. The number of rotatable bonds is 6. The minimum atomic E-state index is -0.548. The number of methoxy groups -OCH3 is 1. The van der Waals surface area contributed by atoms with Gasteiger partial charge in [-0.3, -0.25) is 14.9 Å². The van der Waals surface area contributed by atoms with Crippen LogP contribution in [-0.2, 0) is 0 Å². The Kier molecular flexibility index (Phi) is 4.13. The Hall–Kier alpha value is -1.82. The first-order valence-electron chi connectivity index (χ1n) is 6.18. The van der Waals surface area contributed by atoms with E-state index < -0.39 is 4.92 Å². The number of carbonyl (C=O) groups is 1. The number of carbonyl (C=O) groups excluding carboxylic acids is 1. The van der Waals surface area contributed by atoms with Crippen molar-refractivity contribution in [1.29, 1.82) is 0 Å². The smallest absolute Gasteiger partial charge is 0.310 e. The molecule has 0 saturated heterocycles. The molecule has 108 valence electrons. The third-order valence-corrected chi connectivity index (χ3v) is 4.07. The van der Waals surface area contributed by atoms with E-state index in [0.717, 1.165) is 12.8 Å². The summed E-state index contributed by atoms with van der Waals surface area (Å²) in [6, 6.07) is 4.05. The van der Waals surface area contributed by atoms with Gasteiger partial charge in [-0.2, -0.15) is 0 Å². The van der Waals surface area contributed by atoms with Gasteiger partial charge in [-0.1, -0.05) is 0 Å². The maximum absolute atomic E-state index is 12.0. The molecule has 1 saturated carbocycles. The van der Waals surface area contributed by atoms with E-state index in [-0.39, 0.29) is 22.8 Å². The monoisotopic (exact) mass is 298 g/mol. The third-order valence-electron chi connectivity index (χ3n) is 3.50. The molecular formula is C13H15ClN2O4. The van der Waals surface area contributed by atoms with Crippen LogP contribution >= 0.6 is 11.6 Å². The van der Waals surface area contributed by atoms with Gasteiger partial charge in [0.1, 0.15) is 0 Å². The van der Waals surface area contributed by atoms with Gasteiger partial charge in [-0.15, -0.1) is 11.6 Å². The van der Waals surface area contributed by atoms with Crippen molar-refractivity contribution in [2.45, 2.75) is 12.8 Å². The Morgan fingerprint density at radius 1 is 1.55 bits per heavy atom. The molecular weight excluding hydrogens is 284 g/mol. The molecule has 0 aromatic heterocycles. The molecule has 1 aliphatic carbocycles. The lowest BCUT2D eigenvalue weighted by atomic mass is 10.1. The minimum absolute atomic E-state index is 0.0298. The summed E-state index contributed by atoms with van der Waals surface area (Å²) >= 11 is 5.84. The van der Waals surface area contributed by atoms with Crippen LogP contribution in [-0.4, -0.2) is 30.4 Å². The number of nitrogens with zero attached hydrogens (tertiary/aromatic N) is 1. The van der Waals surface area contributed by atoms with Crippen LogP contribution in [0.1, 0.15) is 23.2 Å². The van der Waals surface area contributed by atoms with Gasteiger partial charge in [0.25, 0.3) is 5.91 Å². The number of nitro groups is 1. The predicted molar refractivity (Wildman–Crippen MR) is 74.4 cm³/mol. The van der Waals surface area contributed by atoms with Gasteiger partial charge in [-0.25, -0.2) is 0 Å². The number of nitro benzene ring substituents is 1. The largest absolute Gasteiger partial charge is 0.490 e. The van der Waals surface area contributed by atoms with Gasteiger partial charge in [0.15, 0.2) is 5.75 Å². The van der Waals surface area contributed by atoms with E-state index in [2.05, 4.69) is 5.32 Å². The maximum atomic E-state index is 12.0. The van der Waals surface area contributed by atoms with Crippen molar-refractivity contribution in [3.63, 3.8) is 0 Å². The molecule has 0 bridgehead atoms. The van der Waals surface area contributed by atoms with E-state index in [4.69, 9.17) is 16.3 Å². The molecule has 1 aromatic carbocycles. The molecule has 0 spiro atoms. The Labute approximate surface area is 121 Å². The molecule has 20 heavy (non-hydrogen) atoms. The molecule has 1 amide bonds. The van der Waals surface area contributed by atoms with E-state index in [1.54, 1.807) is 0 Å². The quantitative estimate of drug-likeness (QED) is 0.496. The zero-order valence-corrected chi connectivity index (χ0v) is 11.8. The summed E-state index contributed by atoms with van der Waals surface area (Å²) in [4.78, 5) is 22.2. The van der Waals surface area contributed by atoms with Crippen LogP contribution in [0.4, 0.5) is 5.69 Å². The van der Waals surface area contributed by atoms with Gasteiger partial charge in [0, 0.05) is 35.5 Å². The highest BCUT2D eigenvalue weighted by Gasteiger charge is 2.41. The zero-order chi connectivity index (χ0) is 14.8. The summed E-state index contributed by atoms with van der Waals surface area (Å²) in [5.74, 6) is 0.312. The Morgan fingerprint density at radius 2 is 2.25 bits per heavy atom. The van der Waals surface area contributed by atoms with Gasteiger partial charge >= 0.3 is 5.69 Å². The lowest BCUT2D eigenvalue weighted by Crippen LogP contribution is -2.31. The summed E-state index contributed by atoms with van der Waals surface area (Å²) in [5.41, 5.74) is 0.198. The summed E-state index contributed by atoms with van der Waals surface area (Å²) in [5, 5.41) is 13.6. The Balaban J connectivity index is 2.08. The average molecular weight is 299 g/mol. The fraction of sp³-hybridized carbons (Fsp3) is 0.462. The first-order chi connectivity index (χ1) is 9.51. The number of hydrogen-bond acceptors (Lipinski definition) is 4. The molecule has 1 aromatic rings. The molecule has 1 aliphatic rings. The lowest BCUT2D eigenvalue weighted by molar-refractivity contribution is -0.385.